The summed E-state index contributed by atoms with van der Waals surface area (Å²) in [6.45, 7) is 0.248. The van der Waals surface area contributed by atoms with Crippen LogP contribution in [0.2, 0.25) is 0 Å². The third-order valence-electron chi connectivity index (χ3n) is 3.95. The summed E-state index contributed by atoms with van der Waals surface area (Å²) in [7, 11) is -2.02. The number of nitrogens with one attached hydrogen (secondary N) is 1. The average Bonchev–Trinajstić information content (AvgIpc) is 2.58. The zero-order valence-electron chi connectivity index (χ0n) is 14.1. The van der Waals surface area contributed by atoms with E-state index in [0.29, 0.717) is 18.0 Å². The quantitative estimate of drug-likeness (QED) is 0.762. The molecule has 1 aromatic carbocycles. The van der Waals surface area contributed by atoms with Crippen molar-refractivity contribution in [2.45, 2.75) is 25.7 Å². The van der Waals surface area contributed by atoms with Crippen LogP contribution in [-0.4, -0.2) is 40.8 Å². The fraction of sp³-hybridized carbons (Fsp3) is 0.471. The lowest BCUT2D eigenvalue weighted by atomic mass is 10.00. The van der Waals surface area contributed by atoms with Crippen molar-refractivity contribution in [2.75, 3.05) is 30.8 Å². The summed E-state index contributed by atoms with van der Waals surface area (Å²) in [4.78, 5) is 12.2. The van der Waals surface area contributed by atoms with Crippen molar-refractivity contribution in [3.8, 4) is 5.75 Å². The number of hydrogen-bond acceptors (Lipinski definition) is 4. The Kier molecular flexibility index (Phi) is 6.25. The zero-order valence-corrected chi connectivity index (χ0v) is 14.9. The molecule has 0 aromatic heterocycles. The molecule has 1 aliphatic rings. The third-order valence-corrected chi connectivity index (χ3v) is 5.09. The lowest BCUT2D eigenvalue weighted by molar-refractivity contribution is -0.119. The number of rotatable bonds is 7. The number of methoxy groups -OCH3 is 1. The van der Waals surface area contributed by atoms with Crippen molar-refractivity contribution in [1.82, 2.24) is 5.32 Å². The molecule has 0 aliphatic heterocycles. The van der Waals surface area contributed by atoms with E-state index in [9.17, 15) is 13.2 Å². The number of allylic oxidation sites excluding steroid dienone is 1. The van der Waals surface area contributed by atoms with Gasteiger partial charge in [0.2, 0.25) is 15.9 Å². The molecule has 0 saturated carbocycles. The van der Waals surface area contributed by atoms with Crippen LogP contribution in [0.1, 0.15) is 25.7 Å². The molecule has 1 aliphatic carbocycles. The first kappa shape index (κ1) is 18.3. The third kappa shape index (κ3) is 5.26. The highest BCUT2D eigenvalue weighted by Crippen LogP contribution is 2.21. The Labute approximate surface area is 143 Å². The largest absolute Gasteiger partial charge is 0.497 e. The topological polar surface area (TPSA) is 75.7 Å². The highest BCUT2D eigenvalue weighted by atomic mass is 32.2. The van der Waals surface area contributed by atoms with Gasteiger partial charge in [0.1, 0.15) is 12.3 Å². The van der Waals surface area contributed by atoms with Gasteiger partial charge in [-0.1, -0.05) is 11.6 Å². The molecule has 24 heavy (non-hydrogen) atoms. The van der Waals surface area contributed by atoms with Crippen LogP contribution in [0.4, 0.5) is 5.69 Å². The Morgan fingerprint density at radius 3 is 2.50 bits per heavy atom. The molecule has 1 N–H and O–H groups in total. The van der Waals surface area contributed by atoms with Crippen LogP contribution in [0.3, 0.4) is 0 Å². The Balaban J connectivity index is 2.02. The maximum atomic E-state index is 12.2. The molecular weight excluding hydrogens is 328 g/mol. The summed E-state index contributed by atoms with van der Waals surface area (Å²) in [5, 5.41) is 2.81. The van der Waals surface area contributed by atoms with Gasteiger partial charge in [-0.2, -0.15) is 0 Å². The van der Waals surface area contributed by atoms with Crippen LogP contribution in [0.5, 0.6) is 5.75 Å². The SMILES string of the molecule is COc1ccc(N(CC(=O)NCC2=CCCCC2)S(C)(=O)=O)cc1. The van der Waals surface area contributed by atoms with Crippen molar-refractivity contribution in [3.05, 3.63) is 35.9 Å². The minimum Gasteiger partial charge on any atom is -0.497 e. The molecule has 6 nitrogen and oxygen atoms in total. The number of hydrogen-bond donors (Lipinski definition) is 1. The standard InChI is InChI=1S/C17H24N2O4S/c1-23-16-10-8-15(9-11-16)19(24(2,21)22)13-17(20)18-12-14-6-4-3-5-7-14/h6,8-11H,3-5,7,12-13H2,1-2H3,(H,18,20). The second kappa shape index (κ2) is 8.19. The van der Waals surface area contributed by atoms with Gasteiger partial charge in [-0.3, -0.25) is 9.10 Å². The first-order valence-corrected chi connectivity index (χ1v) is 9.81. The second-order valence-corrected chi connectivity index (χ2v) is 7.76. The van der Waals surface area contributed by atoms with Crippen LogP contribution in [-0.2, 0) is 14.8 Å². The fourth-order valence-corrected chi connectivity index (χ4v) is 3.47. The van der Waals surface area contributed by atoms with Gasteiger partial charge in [0.05, 0.1) is 19.1 Å². The predicted molar refractivity (Wildman–Crippen MR) is 94.7 cm³/mol. The van der Waals surface area contributed by atoms with Crippen LogP contribution in [0.15, 0.2) is 35.9 Å². The molecule has 0 heterocycles. The number of ether oxygens (including phenoxy) is 1. The number of carbonyl (C=O) groups excluding carboxylic acids is 1. The number of nitrogens with zero attached hydrogens (tertiary/aromatic N) is 1. The molecule has 0 unspecified atom stereocenters. The molecule has 0 bridgehead atoms. The van der Waals surface area contributed by atoms with Crippen LogP contribution in [0, 0.1) is 0 Å². The van der Waals surface area contributed by atoms with E-state index in [1.807, 2.05) is 0 Å². The van der Waals surface area contributed by atoms with E-state index in [4.69, 9.17) is 4.74 Å². The summed E-state index contributed by atoms with van der Waals surface area (Å²) in [6.07, 6.45) is 7.62. The van der Waals surface area contributed by atoms with E-state index >= 15 is 0 Å². The van der Waals surface area contributed by atoms with Crippen molar-refractivity contribution < 1.29 is 17.9 Å². The number of amides is 1. The van der Waals surface area contributed by atoms with E-state index in [1.165, 1.54) is 19.1 Å². The van der Waals surface area contributed by atoms with Gasteiger partial charge in [-0.25, -0.2) is 8.42 Å². The summed E-state index contributed by atoms with van der Waals surface area (Å²) in [5.74, 6) is 0.309. The number of sulfonamides is 1. The van der Waals surface area contributed by atoms with E-state index in [0.717, 1.165) is 29.8 Å². The van der Waals surface area contributed by atoms with Gasteiger partial charge in [0.25, 0.3) is 0 Å². The molecule has 0 saturated heterocycles. The Morgan fingerprint density at radius 2 is 1.96 bits per heavy atom. The van der Waals surface area contributed by atoms with Gasteiger partial charge in [-0.05, 0) is 49.9 Å². The molecule has 2 rings (SSSR count). The Morgan fingerprint density at radius 1 is 1.25 bits per heavy atom. The molecule has 1 amide bonds. The maximum Gasteiger partial charge on any atom is 0.241 e. The summed E-state index contributed by atoms with van der Waals surface area (Å²) < 4.78 is 30.2. The fourth-order valence-electron chi connectivity index (χ4n) is 2.61. The monoisotopic (exact) mass is 352 g/mol. The summed E-state index contributed by atoms with van der Waals surface area (Å²) in [5.41, 5.74) is 1.65. The molecular formula is C17H24N2O4S. The van der Waals surface area contributed by atoms with E-state index in [1.54, 1.807) is 24.3 Å². The molecule has 1 aromatic rings. The Bertz CT molecular complexity index is 696. The molecule has 132 valence electrons. The normalized spacial score (nSPS) is 14.7. The van der Waals surface area contributed by atoms with Crippen molar-refractivity contribution in [1.29, 1.82) is 0 Å². The van der Waals surface area contributed by atoms with Gasteiger partial charge in [0.15, 0.2) is 0 Å². The predicted octanol–water partition coefficient (Wildman–Crippen LogP) is 2.08. The van der Waals surface area contributed by atoms with Crippen LogP contribution < -0.4 is 14.4 Å². The van der Waals surface area contributed by atoms with E-state index in [2.05, 4.69) is 11.4 Å². The first-order valence-electron chi connectivity index (χ1n) is 7.96. The maximum absolute atomic E-state index is 12.2. The molecule has 0 fully saturated rings. The minimum atomic E-state index is -3.56. The zero-order chi connectivity index (χ0) is 17.6. The lowest BCUT2D eigenvalue weighted by Crippen LogP contribution is -2.41. The molecule has 0 radical (unpaired) electrons. The van der Waals surface area contributed by atoms with Gasteiger partial charge in [-0.15, -0.1) is 0 Å². The van der Waals surface area contributed by atoms with Crippen molar-refractivity contribution >= 4 is 21.6 Å². The first-order chi connectivity index (χ1) is 11.4. The number of benzene rings is 1. The highest BCUT2D eigenvalue weighted by Gasteiger charge is 2.21. The summed E-state index contributed by atoms with van der Waals surface area (Å²) in [6, 6.07) is 6.57. The van der Waals surface area contributed by atoms with Gasteiger partial charge >= 0.3 is 0 Å². The minimum absolute atomic E-state index is 0.238. The second-order valence-electron chi connectivity index (χ2n) is 5.85. The van der Waals surface area contributed by atoms with Gasteiger partial charge in [0, 0.05) is 6.54 Å². The smallest absolute Gasteiger partial charge is 0.241 e. The lowest BCUT2D eigenvalue weighted by Gasteiger charge is -2.22. The van der Waals surface area contributed by atoms with Crippen molar-refractivity contribution in [3.63, 3.8) is 0 Å². The molecule has 0 spiro atoms. The number of anilines is 1. The van der Waals surface area contributed by atoms with Gasteiger partial charge < -0.3 is 10.1 Å². The van der Waals surface area contributed by atoms with E-state index < -0.39 is 10.0 Å². The molecule has 7 heteroatoms. The molecule has 0 atom stereocenters. The Hall–Kier alpha value is -2.02. The average molecular weight is 352 g/mol. The van der Waals surface area contributed by atoms with Crippen LogP contribution in [0.25, 0.3) is 0 Å². The highest BCUT2D eigenvalue weighted by molar-refractivity contribution is 7.92. The van der Waals surface area contributed by atoms with Crippen LogP contribution >= 0.6 is 0 Å². The number of carbonyl (C=O) groups is 1. The van der Waals surface area contributed by atoms with E-state index in [-0.39, 0.29) is 12.5 Å². The summed E-state index contributed by atoms with van der Waals surface area (Å²) >= 11 is 0. The van der Waals surface area contributed by atoms with Crippen molar-refractivity contribution in [2.24, 2.45) is 0 Å².